The zero-order chi connectivity index (χ0) is 11.1. The minimum Gasteiger partial charge on any atom is -0.327 e. The third-order valence-electron chi connectivity index (χ3n) is 3.60. The molecule has 0 radical (unpaired) electrons. The molecular formula is C13H28N2. The molecule has 2 nitrogen and oxygen atoms in total. The third kappa shape index (κ3) is 4.98. The van der Waals surface area contributed by atoms with Crippen molar-refractivity contribution in [2.24, 2.45) is 5.73 Å². The lowest BCUT2D eigenvalue weighted by Gasteiger charge is -2.36. The molecule has 1 rings (SSSR count). The Morgan fingerprint density at radius 3 is 2.60 bits per heavy atom. The van der Waals surface area contributed by atoms with E-state index in [1.54, 1.807) is 0 Å². The Bertz CT molecular complexity index is 159. The summed E-state index contributed by atoms with van der Waals surface area (Å²) >= 11 is 0. The van der Waals surface area contributed by atoms with Crippen molar-refractivity contribution >= 4 is 0 Å². The average molecular weight is 212 g/mol. The lowest BCUT2D eigenvalue weighted by atomic mass is 9.99. The van der Waals surface area contributed by atoms with Crippen LogP contribution in [0, 0.1) is 0 Å². The van der Waals surface area contributed by atoms with Crippen LogP contribution in [0.25, 0.3) is 0 Å². The molecule has 0 aliphatic carbocycles. The molecule has 90 valence electrons. The Labute approximate surface area is 95.2 Å². The molecule has 0 aromatic heterocycles. The van der Waals surface area contributed by atoms with Gasteiger partial charge in [0.1, 0.15) is 0 Å². The average Bonchev–Trinajstić information content (AvgIpc) is 2.23. The van der Waals surface area contributed by atoms with Crippen LogP contribution in [-0.4, -0.2) is 30.1 Å². The van der Waals surface area contributed by atoms with Gasteiger partial charge in [-0.05, 0) is 32.7 Å². The summed E-state index contributed by atoms with van der Waals surface area (Å²) in [6, 6.07) is 1.19. The predicted octanol–water partition coefficient (Wildman–Crippen LogP) is 2.77. The van der Waals surface area contributed by atoms with E-state index >= 15 is 0 Å². The van der Waals surface area contributed by atoms with E-state index in [0.29, 0.717) is 6.04 Å². The maximum atomic E-state index is 6.00. The van der Waals surface area contributed by atoms with Gasteiger partial charge >= 0.3 is 0 Å². The SMILES string of the molecule is CCCCCCCN1CC(N)CCC1C. The molecule has 1 heterocycles. The Hall–Kier alpha value is -0.0800. The van der Waals surface area contributed by atoms with Crippen molar-refractivity contribution in [1.82, 2.24) is 4.90 Å². The van der Waals surface area contributed by atoms with Crippen molar-refractivity contribution in [3.63, 3.8) is 0 Å². The van der Waals surface area contributed by atoms with E-state index in [9.17, 15) is 0 Å². The van der Waals surface area contributed by atoms with E-state index in [2.05, 4.69) is 18.7 Å². The Balaban J connectivity index is 2.08. The summed E-state index contributed by atoms with van der Waals surface area (Å²) in [5, 5.41) is 0. The summed E-state index contributed by atoms with van der Waals surface area (Å²) in [7, 11) is 0. The highest BCUT2D eigenvalue weighted by Crippen LogP contribution is 2.16. The number of hydrogen-bond donors (Lipinski definition) is 1. The predicted molar refractivity (Wildman–Crippen MR) is 67.0 cm³/mol. The lowest BCUT2D eigenvalue weighted by molar-refractivity contribution is 0.143. The summed E-state index contributed by atoms with van der Waals surface area (Å²) < 4.78 is 0. The fourth-order valence-electron chi connectivity index (χ4n) is 2.44. The Morgan fingerprint density at radius 2 is 1.87 bits per heavy atom. The van der Waals surface area contributed by atoms with Crippen LogP contribution < -0.4 is 5.73 Å². The molecule has 0 saturated carbocycles. The summed E-state index contributed by atoms with van der Waals surface area (Å²) in [4.78, 5) is 2.58. The van der Waals surface area contributed by atoms with Gasteiger partial charge in [0.05, 0.1) is 0 Å². The molecular weight excluding hydrogens is 184 g/mol. The zero-order valence-corrected chi connectivity index (χ0v) is 10.5. The van der Waals surface area contributed by atoms with Gasteiger partial charge in [0, 0.05) is 18.6 Å². The minimum absolute atomic E-state index is 0.428. The van der Waals surface area contributed by atoms with Crippen molar-refractivity contribution < 1.29 is 0 Å². The van der Waals surface area contributed by atoms with Crippen LogP contribution >= 0.6 is 0 Å². The van der Waals surface area contributed by atoms with Gasteiger partial charge in [-0.2, -0.15) is 0 Å². The Morgan fingerprint density at radius 1 is 1.13 bits per heavy atom. The molecule has 0 aromatic rings. The van der Waals surface area contributed by atoms with E-state index in [1.807, 2.05) is 0 Å². The van der Waals surface area contributed by atoms with Gasteiger partial charge in [0.2, 0.25) is 0 Å². The quantitative estimate of drug-likeness (QED) is 0.686. The van der Waals surface area contributed by atoms with E-state index < -0.39 is 0 Å². The van der Waals surface area contributed by atoms with Crippen molar-refractivity contribution in [3.05, 3.63) is 0 Å². The van der Waals surface area contributed by atoms with Crippen LogP contribution in [0.5, 0.6) is 0 Å². The molecule has 0 aromatic carbocycles. The van der Waals surface area contributed by atoms with Crippen LogP contribution in [0.1, 0.15) is 58.8 Å². The summed E-state index contributed by atoms with van der Waals surface area (Å²) in [6.07, 6.45) is 9.40. The fraction of sp³-hybridized carbons (Fsp3) is 1.00. The van der Waals surface area contributed by atoms with Gasteiger partial charge < -0.3 is 5.73 Å². The van der Waals surface area contributed by atoms with Gasteiger partial charge in [0.25, 0.3) is 0 Å². The first kappa shape index (κ1) is 13.0. The largest absolute Gasteiger partial charge is 0.327 e. The smallest absolute Gasteiger partial charge is 0.0168 e. The van der Waals surface area contributed by atoms with Gasteiger partial charge in [0.15, 0.2) is 0 Å². The maximum absolute atomic E-state index is 6.00. The van der Waals surface area contributed by atoms with Gasteiger partial charge in [-0.1, -0.05) is 32.6 Å². The lowest BCUT2D eigenvalue weighted by Crippen LogP contribution is -2.47. The molecule has 0 amide bonds. The number of nitrogens with zero attached hydrogens (tertiary/aromatic N) is 1. The molecule has 2 heteroatoms. The van der Waals surface area contributed by atoms with E-state index in [-0.39, 0.29) is 0 Å². The zero-order valence-electron chi connectivity index (χ0n) is 10.5. The monoisotopic (exact) mass is 212 g/mol. The molecule has 2 N–H and O–H groups in total. The van der Waals surface area contributed by atoms with E-state index in [4.69, 9.17) is 5.73 Å². The fourth-order valence-corrected chi connectivity index (χ4v) is 2.44. The van der Waals surface area contributed by atoms with Gasteiger partial charge in [-0.15, -0.1) is 0 Å². The molecule has 15 heavy (non-hydrogen) atoms. The molecule has 2 atom stereocenters. The summed E-state index contributed by atoms with van der Waals surface area (Å²) in [6.45, 7) is 7.00. The van der Waals surface area contributed by atoms with Crippen molar-refractivity contribution in [1.29, 1.82) is 0 Å². The minimum atomic E-state index is 0.428. The number of piperidine rings is 1. The topological polar surface area (TPSA) is 29.3 Å². The van der Waals surface area contributed by atoms with Gasteiger partial charge in [-0.3, -0.25) is 4.90 Å². The molecule has 1 fully saturated rings. The van der Waals surface area contributed by atoms with Crippen molar-refractivity contribution in [2.75, 3.05) is 13.1 Å². The number of likely N-dealkylation sites (tertiary alicyclic amines) is 1. The number of hydrogen-bond acceptors (Lipinski definition) is 2. The molecule has 1 aliphatic rings. The van der Waals surface area contributed by atoms with E-state index in [0.717, 1.165) is 12.6 Å². The Kier molecular flexibility index (Phi) is 6.26. The normalized spacial score (nSPS) is 28.2. The molecule has 0 spiro atoms. The van der Waals surface area contributed by atoms with Crippen LogP contribution in [0.15, 0.2) is 0 Å². The summed E-state index contributed by atoms with van der Waals surface area (Å²) in [5.74, 6) is 0. The van der Waals surface area contributed by atoms with Crippen LogP contribution in [0.4, 0.5) is 0 Å². The highest BCUT2D eigenvalue weighted by Gasteiger charge is 2.22. The standard InChI is InChI=1S/C13H28N2/c1-3-4-5-6-7-10-15-11-13(14)9-8-12(15)2/h12-13H,3-11,14H2,1-2H3. The highest BCUT2D eigenvalue weighted by atomic mass is 15.2. The molecule has 0 bridgehead atoms. The van der Waals surface area contributed by atoms with Crippen molar-refractivity contribution in [2.45, 2.75) is 70.9 Å². The first-order valence-corrected chi connectivity index (χ1v) is 6.73. The molecule has 2 unspecified atom stereocenters. The summed E-state index contributed by atoms with van der Waals surface area (Å²) in [5.41, 5.74) is 6.00. The second-order valence-electron chi connectivity index (χ2n) is 5.10. The number of unbranched alkanes of at least 4 members (excludes halogenated alkanes) is 4. The van der Waals surface area contributed by atoms with Gasteiger partial charge in [-0.25, -0.2) is 0 Å². The van der Waals surface area contributed by atoms with Crippen LogP contribution in [0.2, 0.25) is 0 Å². The number of rotatable bonds is 6. The van der Waals surface area contributed by atoms with Crippen molar-refractivity contribution in [3.8, 4) is 0 Å². The van der Waals surface area contributed by atoms with Crippen LogP contribution in [0.3, 0.4) is 0 Å². The molecule has 1 aliphatic heterocycles. The second-order valence-corrected chi connectivity index (χ2v) is 5.10. The number of nitrogens with two attached hydrogens (primary N) is 1. The first-order chi connectivity index (χ1) is 7.24. The highest BCUT2D eigenvalue weighted by molar-refractivity contribution is 4.80. The third-order valence-corrected chi connectivity index (χ3v) is 3.60. The molecule has 1 saturated heterocycles. The second kappa shape index (κ2) is 7.24. The maximum Gasteiger partial charge on any atom is 0.0168 e. The van der Waals surface area contributed by atoms with Crippen LogP contribution in [-0.2, 0) is 0 Å². The van der Waals surface area contributed by atoms with E-state index in [1.165, 1.54) is 51.5 Å². The first-order valence-electron chi connectivity index (χ1n) is 6.73.